The van der Waals surface area contributed by atoms with Crippen molar-refractivity contribution in [3.63, 3.8) is 0 Å². The molecule has 1 amide bonds. The zero-order chi connectivity index (χ0) is 12.0. The fourth-order valence-electron chi connectivity index (χ4n) is 1.60. The van der Waals surface area contributed by atoms with E-state index in [0.29, 0.717) is 0 Å². The van der Waals surface area contributed by atoms with Crippen molar-refractivity contribution in [2.75, 3.05) is 14.1 Å². The van der Waals surface area contributed by atoms with Crippen LogP contribution in [-0.4, -0.2) is 44.8 Å². The van der Waals surface area contributed by atoms with Gasteiger partial charge in [0.1, 0.15) is 0 Å². The second-order valence-corrected chi connectivity index (χ2v) is 3.64. The maximum absolute atomic E-state index is 11.8. The molecule has 0 atom stereocenters. The number of aromatic hydroxyl groups is 2. The Balaban J connectivity index is 2.72. The molecular weight excluding hydrogens is 214 g/mol. The van der Waals surface area contributed by atoms with Gasteiger partial charge >= 0.3 is 0 Å². The predicted octanol–water partition coefficient (Wildman–Crippen LogP) is -0.851. The SMILES string of the molecule is CN1Cn2cc(O)c(=O)c(O)c2C(=O)N1C. The van der Waals surface area contributed by atoms with E-state index in [0.717, 1.165) is 6.20 Å². The summed E-state index contributed by atoms with van der Waals surface area (Å²) in [5.74, 6) is -1.79. The van der Waals surface area contributed by atoms with Crippen molar-refractivity contribution in [3.05, 3.63) is 22.1 Å². The highest BCUT2D eigenvalue weighted by Crippen LogP contribution is 2.22. The van der Waals surface area contributed by atoms with Gasteiger partial charge < -0.3 is 14.8 Å². The molecule has 0 spiro atoms. The van der Waals surface area contributed by atoms with Crippen LogP contribution in [0.2, 0.25) is 0 Å². The van der Waals surface area contributed by atoms with Gasteiger partial charge in [-0.3, -0.25) is 14.6 Å². The Morgan fingerprint density at radius 3 is 2.50 bits per heavy atom. The number of carbonyl (C=O) groups is 1. The van der Waals surface area contributed by atoms with Crippen LogP contribution in [0, 0.1) is 0 Å². The van der Waals surface area contributed by atoms with Gasteiger partial charge in [0.2, 0.25) is 0 Å². The normalized spacial score (nSPS) is 16.4. The Morgan fingerprint density at radius 1 is 1.25 bits per heavy atom. The van der Waals surface area contributed by atoms with Crippen molar-refractivity contribution >= 4 is 5.91 Å². The van der Waals surface area contributed by atoms with E-state index >= 15 is 0 Å². The summed E-state index contributed by atoms with van der Waals surface area (Å²) in [7, 11) is 3.20. The molecule has 16 heavy (non-hydrogen) atoms. The molecule has 0 aromatic carbocycles. The Labute approximate surface area is 90.7 Å². The minimum absolute atomic E-state index is 0.108. The number of carbonyl (C=O) groups excluding carboxylic acids is 1. The number of hydrazine groups is 1. The smallest absolute Gasteiger partial charge is 0.288 e. The highest BCUT2D eigenvalue weighted by Gasteiger charge is 2.30. The Hall–Kier alpha value is -2.02. The van der Waals surface area contributed by atoms with Crippen molar-refractivity contribution in [1.29, 1.82) is 0 Å². The van der Waals surface area contributed by atoms with Crippen LogP contribution in [0.25, 0.3) is 0 Å². The summed E-state index contributed by atoms with van der Waals surface area (Å²) in [5.41, 5.74) is -1.04. The van der Waals surface area contributed by atoms with Gasteiger partial charge in [0.15, 0.2) is 17.2 Å². The number of pyridine rings is 1. The van der Waals surface area contributed by atoms with Crippen molar-refractivity contribution < 1.29 is 15.0 Å². The Bertz CT molecular complexity index is 522. The van der Waals surface area contributed by atoms with Gasteiger partial charge in [-0.2, -0.15) is 0 Å². The zero-order valence-corrected chi connectivity index (χ0v) is 8.84. The molecule has 7 heteroatoms. The number of hydrogen-bond acceptors (Lipinski definition) is 5. The van der Waals surface area contributed by atoms with Crippen LogP contribution >= 0.6 is 0 Å². The van der Waals surface area contributed by atoms with Gasteiger partial charge in [-0.05, 0) is 0 Å². The molecular formula is C9H11N3O4. The molecule has 7 nitrogen and oxygen atoms in total. The molecule has 0 aliphatic carbocycles. The van der Waals surface area contributed by atoms with E-state index in [1.807, 2.05) is 0 Å². The maximum Gasteiger partial charge on any atom is 0.288 e. The maximum atomic E-state index is 11.8. The highest BCUT2D eigenvalue weighted by atomic mass is 16.3. The van der Waals surface area contributed by atoms with E-state index in [-0.39, 0.29) is 12.4 Å². The lowest BCUT2D eigenvalue weighted by molar-refractivity contribution is -0.0102. The third kappa shape index (κ3) is 1.25. The number of amides is 1. The molecule has 2 N–H and O–H groups in total. The summed E-state index contributed by atoms with van der Waals surface area (Å²) in [4.78, 5) is 23.1. The van der Waals surface area contributed by atoms with Crippen LogP contribution in [0.1, 0.15) is 10.5 Å². The van der Waals surface area contributed by atoms with Crippen molar-refractivity contribution in [1.82, 2.24) is 14.6 Å². The molecule has 1 aliphatic rings. The fourth-order valence-corrected chi connectivity index (χ4v) is 1.60. The number of nitrogens with zero attached hydrogens (tertiary/aromatic N) is 3. The Morgan fingerprint density at radius 2 is 1.88 bits per heavy atom. The minimum Gasteiger partial charge on any atom is -0.503 e. The van der Waals surface area contributed by atoms with E-state index in [9.17, 15) is 19.8 Å². The van der Waals surface area contributed by atoms with Crippen LogP contribution in [0.15, 0.2) is 11.0 Å². The van der Waals surface area contributed by atoms with Gasteiger partial charge in [0.25, 0.3) is 11.3 Å². The van der Waals surface area contributed by atoms with E-state index in [4.69, 9.17) is 0 Å². The standard InChI is InChI=1S/C9H11N3O4/c1-10-4-12-3-5(13)7(14)8(15)6(12)9(16)11(10)2/h3,13,15H,4H2,1-2H3. The first kappa shape index (κ1) is 10.5. The van der Waals surface area contributed by atoms with Crippen LogP contribution in [0.3, 0.4) is 0 Å². The fraction of sp³-hybridized carbons (Fsp3) is 0.333. The topological polar surface area (TPSA) is 86.0 Å². The summed E-state index contributed by atoms with van der Waals surface area (Å²) in [6, 6.07) is 0. The zero-order valence-electron chi connectivity index (χ0n) is 8.84. The first-order valence-electron chi connectivity index (χ1n) is 4.58. The molecule has 0 unspecified atom stereocenters. The molecule has 0 saturated carbocycles. The summed E-state index contributed by atoms with van der Waals surface area (Å²) >= 11 is 0. The van der Waals surface area contributed by atoms with Crippen LogP contribution in [0.5, 0.6) is 11.5 Å². The number of aromatic nitrogens is 1. The molecule has 0 radical (unpaired) electrons. The van der Waals surface area contributed by atoms with E-state index in [1.165, 1.54) is 16.6 Å². The van der Waals surface area contributed by atoms with E-state index < -0.39 is 22.8 Å². The molecule has 0 saturated heterocycles. The number of hydrogen-bond donors (Lipinski definition) is 2. The first-order valence-corrected chi connectivity index (χ1v) is 4.58. The van der Waals surface area contributed by atoms with Gasteiger partial charge in [-0.15, -0.1) is 0 Å². The highest BCUT2D eigenvalue weighted by molar-refractivity contribution is 5.95. The van der Waals surface area contributed by atoms with Crippen LogP contribution < -0.4 is 5.43 Å². The monoisotopic (exact) mass is 225 g/mol. The molecule has 86 valence electrons. The summed E-state index contributed by atoms with van der Waals surface area (Å²) in [6.45, 7) is 0.263. The second-order valence-electron chi connectivity index (χ2n) is 3.64. The third-order valence-electron chi connectivity index (χ3n) is 2.60. The summed E-state index contributed by atoms with van der Waals surface area (Å²) in [5, 5.41) is 21.7. The average Bonchev–Trinajstić information content (AvgIpc) is 2.23. The largest absolute Gasteiger partial charge is 0.503 e. The molecule has 1 aliphatic heterocycles. The number of rotatable bonds is 0. The first-order chi connectivity index (χ1) is 7.43. The summed E-state index contributed by atoms with van der Waals surface area (Å²) < 4.78 is 1.33. The quantitative estimate of drug-likeness (QED) is 0.600. The molecule has 1 aromatic heterocycles. The van der Waals surface area contributed by atoms with Gasteiger partial charge in [-0.1, -0.05) is 0 Å². The second kappa shape index (κ2) is 3.24. The van der Waals surface area contributed by atoms with Gasteiger partial charge in [0.05, 0.1) is 12.9 Å². The van der Waals surface area contributed by atoms with E-state index in [2.05, 4.69) is 0 Å². The van der Waals surface area contributed by atoms with E-state index in [1.54, 1.807) is 12.1 Å². The van der Waals surface area contributed by atoms with Crippen molar-refractivity contribution in [2.24, 2.45) is 0 Å². The van der Waals surface area contributed by atoms with Gasteiger partial charge in [-0.25, -0.2) is 5.01 Å². The average molecular weight is 225 g/mol. The molecule has 2 rings (SSSR count). The summed E-state index contributed by atoms with van der Waals surface area (Å²) in [6.07, 6.45) is 1.14. The third-order valence-corrected chi connectivity index (χ3v) is 2.60. The van der Waals surface area contributed by atoms with Crippen molar-refractivity contribution in [2.45, 2.75) is 6.67 Å². The molecule has 2 heterocycles. The predicted molar refractivity (Wildman–Crippen MR) is 53.9 cm³/mol. The van der Waals surface area contributed by atoms with Crippen LogP contribution in [0.4, 0.5) is 0 Å². The van der Waals surface area contributed by atoms with Crippen LogP contribution in [-0.2, 0) is 6.67 Å². The molecule has 0 fully saturated rings. The lowest BCUT2D eigenvalue weighted by atomic mass is 10.2. The number of fused-ring (bicyclic) bond motifs is 1. The van der Waals surface area contributed by atoms with Crippen molar-refractivity contribution in [3.8, 4) is 11.5 Å². The minimum atomic E-state index is -0.933. The lowest BCUT2D eigenvalue weighted by Gasteiger charge is -2.35. The molecule has 0 bridgehead atoms. The van der Waals surface area contributed by atoms with Gasteiger partial charge in [0, 0.05) is 14.1 Å². The Kier molecular flexibility index (Phi) is 2.13. The lowest BCUT2D eigenvalue weighted by Crippen LogP contribution is -2.48. The molecule has 1 aromatic rings.